The number of hydrogen-bond donors (Lipinski definition) is 2. The number of benzene rings is 1. The molecule has 1 saturated carbocycles. The number of carbonyl (C=O) groups is 1. The van der Waals surface area contributed by atoms with Gasteiger partial charge in [0.25, 0.3) is 0 Å². The Morgan fingerprint density at radius 1 is 1.24 bits per heavy atom. The average molecular weight is 398 g/mol. The summed E-state index contributed by atoms with van der Waals surface area (Å²) in [5.74, 6) is 0.410. The molecule has 3 N–H and O–H groups in total. The van der Waals surface area contributed by atoms with Crippen LogP contribution in [0.15, 0.2) is 36.7 Å². The van der Waals surface area contributed by atoms with Crippen molar-refractivity contribution in [1.82, 2.24) is 9.97 Å². The molecule has 0 radical (unpaired) electrons. The zero-order valence-corrected chi connectivity index (χ0v) is 15.8. The maximum absolute atomic E-state index is 12.5. The van der Waals surface area contributed by atoms with Crippen LogP contribution >= 0.6 is 0 Å². The molecule has 0 aliphatic heterocycles. The van der Waals surface area contributed by atoms with Gasteiger partial charge in [0, 0.05) is 41.0 Å². The first-order valence-corrected chi connectivity index (χ1v) is 9.39. The number of aromatic nitrogens is 2. The molecule has 0 atom stereocenters. The Morgan fingerprint density at radius 2 is 2.03 bits per heavy atom. The second-order valence-corrected chi connectivity index (χ2v) is 7.03. The van der Waals surface area contributed by atoms with Crippen LogP contribution in [0.1, 0.15) is 25.3 Å². The van der Waals surface area contributed by atoms with Crippen molar-refractivity contribution in [1.29, 1.82) is 0 Å². The van der Waals surface area contributed by atoms with E-state index in [4.69, 9.17) is 5.73 Å². The molecule has 1 fully saturated rings. The van der Waals surface area contributed by atoms with Crippen LogP contribution in [0, 0.1) is 5.92 Å². The molecular formula is C21H20F2N4O2. The van der Waals surface area contributed by atoms with E-state index in [1.165, 1.54) is 12.3 Å². The van der Waals surface area contributed by atoms with Crippen molar-refractivity contribution < 1.29 is 18.3 Å². The normalized spacial score (nSPS) is 13.7. The van der Waals surface area contributed by atoms with Crippen molar-refractivity contribution >= 4 is 28.2 Å². The smallest absolute Gasteiger partial charge is 0.388 e. The first kappa shape index (κ1) is 19.0. The average Bonchev–Trinajstić information content (AvgIpc) is 3.52. The summed E-state index contributed by atoms with van der Waals surface area (Å²) in [6.45, 7) is -1.00. The van der Waals surface area contributed by atoms with Gasteiger partial charge in [-0.15, -0.1) is 0 Å². The van der Waals surface area contributed by atoms with Crippen molar-refractivity contribution in [2.45, 2.75) is 32.8 Å². The number of carbonyl (C=O) groups excluding carboxylic acids is 1. The van der Waals surface area contributed by atoms with Gasteiger partial charge in [0.15, 0.2) is 0 Å². The van der Waals surface area contributed by atoms with E-state index in [0.29, 0.717) is 17.9 Å². The lowest BCUT2D eigenvalue weighted by Gasteiger charge is -2.13. The lowest BCUT2D eigenvalue weighted by Crippen LogP contribution is -2.14. The van der Waals surface area contributed by atoms with E-state index in [1.54, 1.807) is 18.3 Å². The van der Waals surface area contributed by atoms with Gasteiger partial charge in [-0.2, -0.15) is 8.78 Å². The first-order chi connectivity index (χ1) is 13.9. The predicted molar refractivity (Wildman–Crippen MR) is 107 cm³/mol. The molecule has 4 rings (SSSR count). The molecule has 0 spiro atoms. The van der Waals surface area contributed by atoms with E-state index in [0.717, 1.165) is 40.3 Å². The number of fused-ring (bicyclic) bond motifs is 1. The third-order valence-electron chi connectivity index (χ3n) is 4.93. The summed E-state index contributed by atoms with van der Waals surface area (Å²) >= 11 is 0. The third-order valence-corrected chi connectivity index (χ3v) is 4.93. The minimum Gasteiger partial charge on any atom is -0.417 e. The summed E-state index contributed by atoms with van der Waals surface area (Å²) in [6.07, 6.45) is 5.57. The molecule has 0 unspecified atom stereocenters. The van der Waals surface area contributed by atoms with E-state index in [2.05, 4.69) is 20.0 Å². The van der Waals surface area contributed by atoms with Crippen LogP contribution in [0.4, 0.5) is 20.3 Å². The highest BCUT2D eigenvalue weighted by molar-refractivity contribution is 6.00. The fourth-order valence-corrected chi connectivity index (χ4v) is 3.27. The minimum absolute atomic E-state index is 0.0203. The van der Waals surface area contributed by atoms with Gasteiger partial charge in [0.2, 0.25) is 11.8 Å². The number of alkyl halides is 2. The number of nitrogen functional groups attached to an aromatic ring is 1. The fraction of sp³-hybridized carbons (Fsp3) is 0.286. The Morgan fingerprint density at radius 3 is 2.72 bits per heavy atom. The van der Waals surface area contributed by atoms with Gasteiger partial charge in [-0.25, -0.2) is 9.97 Å². The number of aryl methyl sites for hydroxylation is 1. The number of hydrogen-bond acceptors (Lipinski definition) is 5. The maximum Gasteiger partial charge on any atom is 0.388 e. The number of ether oxygens (including phenoxy) is 1. The van der Waals surface area contributed by atoms with Gasteiger partial charge in [-0.1, -0.05) is 6.92 Å². The highest BCUT2D eigenvalue weighted by atomic mass is 19.3. The van der Waals surface area contributed by atoms with Gasteiger partial charge in [0.1, 0.15) is 5.82 Å². The number of nitrogens with one attached hydrogen (secondary N) is 1. The molecule has 0 bridgehead atoms. The molecule has 1 aliphatic rings. The lowest BCUT2D eigenvalue weighted by molar-refractivity contribution is -0.117. The topological polar surface area (TPSA) is 90.1 Å². The lowest BCUT2D eigenvalue weighted by atomic mass is 9.97. The Labute approximate surface area is 166 Å². The number of nitrogens with two attached hydrogens (primary N) is 1. The second-order valence-electron chi connectivity index (χ2n) is 7.03. The molecule has 1 aliphatic carbocycles. The van der Waals surface area contributed by atoms with Crippen LogP contribution in [-0.2, 0) is 11.2 Å². The van der Waals surface area contributed by atoms with Crippen LogP contribution in [0.5, 0.6) is 5.88 Å². The molecule has 2 aromatic heterocycles. The Bertz CT molecular complexity index is 1080. The molecule has 6 nitrogen and oxygen atoms in total. The largest absolute Gasteiger partial charge is 0.417 e. The number of halogens is 2. The van der Waals surface area contributed by atoms with Crippen LogP contribution < -0.4 is 15.8 Å². The highest BCUT2D eigenvalue weighted by Gasteiger charge is 2.29. The molecule has 150 valence electrons. The van der Waals surface area contributed by atoms with Gasteiger partial charge in [-0.05, 0) is 54.0 Å². The van der Waals surface area contributed by atoms with Crippen LogP contribution in [0.3, 0.4) is 0 Å². The monoisotopic (exact) mass is 398 g/mol. The molecule has 8 heteroatoms. The van der Waals surface area contributed by atoms with Gasteiger partial charge >= 0.3 is 6.61 Å². The number of amides is 1. The third kappa shape index (κ3) is 4.11. The zero-order valence-electron chi connectivity index (χ0n) is 15.8. The van der Waals surface area contributed by atoms with E-state index in [9.17, 15) is 13.6 Å². The molecule has 2 heterocycles. The van der Waals surface area contributed by atoms with Crippen molar-refractivity contribution in [3.8, 4) is 17.0 Å². The fourth-order valence-electron chi connectivity index (χ4n) is 3.27. The molecular weight excluding hydrogens is 378 g/mol. The summed E-state index contributed by atoms with van der Waals surface area (Å²) < 4.78 is 29.3. The number of rotatable bonds is 6. The summed E-state index contributed by atoms with van der Waals surface area (Å²) in [5, 5.41) is 4.41. The minimum atomic E-state index is -2.92. The number of nitrogens with zero attached hydrogens (tertiary/aromatic N) is 2. The Hall–Kier alpha value is -3.29. The van der Waals surface area contributed by atoms with Gasteiger partial charge in [-0.3, -0.25) is 4.79 Å². The molecule has 3 aromatic rings. The summed E-state index contributed by atoms with van der Waals surface area (Å²) in [4.78, 5) is 20.3. The van der Waals surface area contributed by atoms with Crippen molar-refractivity contribution in [2.24, 2.45) is 5.92 Å². The molecule has 29 heavy (non-hydrogen) atoms. The van der Waals surface area contributed by atoms with Crippen LogP contribution in [-0.4, -0.2) is 22.5 Å². The Balaban J connectivity index is 1.72. The maximum atomic E-state index is 12.5. The van der Waals surface area contributed by atoms with Gasteiger partial charge in [0.05, 0.1) is 0 Å². The van der Waals surface area contributed by atoms with Crippen molar-refractivity contribution in [3.05, 3.63) is 42.2 Å². The van der Waals surface area contributed by atoms with Crippen molar-refractivity contribution in [2.75, 3.05) is 11.1 Å². The van der Waals surface area contributed by atoms with Crippen LogP contribution in [0.25, 0.3) is 21.9 Å². The molecule has 0 saturated heterocycles. The highest BCUT2D eigenvalue weighted by Crippen LogP contribution is 2.34. The standard InChI is InChI=1S/C21H20F2N4O2/c1-2-11-8-19(29-21(22)23)26-9-15(11)13-5-14-7-18(27-20(28)12-3-4-12)25-10-16(14)17(24)6-13/h5-10,12,21H,2-4,24H2,1H3,(H,25,27,28). The predicted octanol–water partition coefficient (Wildman–Crippen LogP) is 4.39. The van der Waals surface area contributed by atoms with Gasteiger partial charge < -0.3 is 15.8 Å². The molecule has 1 amide bonds. The van der Waals surface area contributed by atoms with E-state index in [-0.39, 0.29) is 17.7 Å². The van der Waals surface area contributed by atoms with Crippen LogP contribution in [0.2, 0.25) is 0 Å². The summed E-state index contributed by atoms with van der Waals surface area (Å²) in [6, 6.07) is 7.01. The summed E-state index contributed by atoms with van der Waals surface area (Å²) in [7, 11) is 0. The second kappa shape index (κ2) is 7.62. The van der Waals surface area contributed by atoms with Crippen molar-refractivity contribution in [3.63, 3.8) is 0 Å². The first-order valence-electron chi connectivity index (χ1n) is 9.39. The zero-order chi connectivity index (χ0) is 20.5. The quantitative estimate of drug-likeness (QED) is 0.601. The number of anilines is 2. The van der Waals surface area contributed by atoms with E-state index < -0.39 is 6.61 Å². The molecule has 1 aromatic carbocycles. The SMILES string of the molecule is CCc1cc(OC(F)F)ncc1-c1cc(N)c2cnc(NC(=O)C3CC3)cc2c1. The Kier molecular flexibility index (Phi) is 5.00. The van der Waals surface area contributed by atoms with E-state index >= 15 is 0 Å². The van der Waals surface area contributed by atoms with E-state index in [1.807, 2.05) is 13.0 Å². The summed E-state index contributed by atoms with van der Waals surface area (Å²) in [5.41, 5.74) is 9.14. The number of pyridine rings is 2.